The molecule has 0 aliphatic heterocycles. The molecule has 0 aromatic carbocycles. The number of aliphatic hydroxyl groups excluding tert-OH is 1. The first-order valence-electron chi connectivity index (χ1n) is 4.18. The number of hydrogen-bond acceptors (Lipinski definition) is 3. The smallest absolute Gasteiger partial charge is 0.0832 e. The molecule has 0 amide bonds. The van der Waals surface area contributed by atoms with Crippen LogP contribution in [0.15, 0.2) is 12.4 Å². The van der Waals surface area contributed by atoms with Crippen molar-refractivity contribution in [2.45, 2.75) is 26.0 Å². The minimum atomic E-state index is -0.463. The Kier molecular flexibility index (Phi) is 3.25. The van der Waals surface area contributed by atoms with Crippen molar-refractivity contribution >= 4 is 0 Å². The van der Waals surface area contributed by atoms with Crippen molar-refractivity contribution in [3.8, 4) is 0 Å². The molecule has 1 aromatic heterocycles. The van der Waals surface area contributed by atoms with Crippen LogP contribution in [0, 0.1) is 0 Å². The Balaban J connectivity index is 2.61. The van der Waals surface area contributed by atoms with Crippen molar-refractivity contribution in [2.75, 3.05) is 6.54 Å². The summed E-state index contributed by atoms with van der Waals surface area (Å²) >= 11 is 0. The molecule has 68 valence electrons. The number of nitrogens with zero attached hydrogens (tertiary/aromatic N) is 2. The van der Waals surface area contributed by atoms with Crippen LogP contribution in [0.1, 0.15) is 25.0 Å². The van der Waals surface area contributed by atoms with Crippen LogP contribution in [0.4, 0.5) is 0 Å². The third-order valence-corrected chi connectivity index (χ3v) is 1.80. The average Bonchev–Trinajstić information content (AvgIpc) is 2.52. The minimum Gasteiger partial charge on any atom is -0.388 e. The van der Waals surface area contributed by atoms with Crippen molar-refractivity contribution in [2.24, 2.45) is 5.73 Å². The number of aryl methyl sites for hydroxylation is 1. The van der Waals surface area contributed by atoms with E-state index >= 15 is 0 Å². The quantitative estimate of drug-likeness (QED) is 0.680. The van der Waals surface area contributed by atoms with Gasteiger partial charge in [0.15, 0.2) is 0 Å². The van der Waals surface area contributed by atoms with Crippen LogP contribution >= 0.6 is 0 Å². The Morgan fingerprint density at radius 1 is 1.75 bits per heavy atom. The van der Waals surface area contributed by atoms with Crippen molar-refractivity contribution in [1.29, 1.82) is 0 Å². The molecule has 0 saturated carbocycles. The van der Waals surface area contributed by atoms with E-state index in [-0.39, 0.29) is 0 Å². The SMILES string of the molecule is CCn1cc([C@@H](O)CCN)cn1. The molecule has 1 rings (SSSR count). The Morgan fingerprint density at radius 3 is 3.00 bits per heavy atom. The van der Waals surface area contributed by atoms with Crippen molar-refractivity contribution in [1.82, 2.24) is 9.78 Å². The zero-order valence-electron chi connectivity index (χ0n) is 7.27. The van der Waals surface area contributed by atoms with E-state index in [1.807, 2.05) is 13.1 Å². The molecule has 12 heavy (non-hydrogen) atoms. The van der Waals surface area contributed by atoms with Gasteiger partial charge in [-0.1, -0.05) is 0 Å². The van der Waals surface area contributed by atoms with Gasteiger partial charge in [0.2, 0.25) is 0 Å². The highest BCUT2D eigenvalue weighted by Gasteiger charge is 2.07. The second kappa shape index (κ2) is 4.23. The number of aliphatic hydroxyl groups is 1. The molecule has 0 aliphatic rings. The van der Waals surface area contributed by atoms with Gasteiger partial charge in [0, 0.05) is 18.3 Å². The van der Waals surface area contributed by atoms with E-state index in [1.54, 1.807) is 10.9 Å². The number of rotatable bonds is 4. The maximum atomic E-state index is 9.50. The molecule has 0 bridgehead atoms. The first-order valence-corrected chi connectivity index (χ1v) is 4.18. The van der Waals surface area contributed by atoms with Crippen LogP contribution in [-0.4, -0.2) is 21.4 Å². The van der Waals surface area contributed by atoms with Crippen molar-refractivity contribution in [3.63, 3.8) is 0 Å². The van der Waals surface area contributed by atoms with E-state index in [1.165, 1.54) is 0 Å². The topological polar surface area (TPSA) is 64.1 Å². The highest BCUT2D eigenvalue weighted by atomic mass is 16.3. The number of aromatic nitrogens is 2. The Bertz CT molecular complexity index is 234. The summed E-state index contributed by atoms with van der Waals surface area (Å²) in [6.45, 7) is 3.33. The molecule has 1 heterocycles. The Hall–Kier alpha value is -0.870. The van der Waals surface area contributed by atoms with E-state index in [9.17, 15) is 5.11 Å². The molecule has 0 aliphatic carbocycles. The molecule has 0 unspecified atom stereocenters. The molecular weight excluding hydrogens is 154 g/mol. The molecule has 4 heteroatoms. The maximum Gasteiger partial charge on any atom is 0.0832 e. The minimum absolute atomic E-state index is 0.463. The molecule has 3 N–H and O–H groups in total. The third kappa shape index (κ3) is 2.06. The molecule has 1 aromatic rings. The molecule has 0 saturated heterocycles. The lowest BCUT2D eigenvalue weighted by molar-refractivity contribution is 0.170. The zero-order valence-corrected chi connectivity index (χ0v) is 7.27. The highest BCUT2D eigenvalue weighted by Crippen LogP contribution is 2.14. The van der Waals surface area contributed by atoms with Gasteiger partial charge in [0.05, 0.1) is 12.3 Å². The van der Waals surface area contributed by atoms with Gasteiger partial charge in [-0.15, -0.1) is 0 Å². The van der Waals surface area contributed by atoms with Crippen LogP contribution in [0.5, 0.6) is 0 Å². The van der Waals surface area contributed by atoms with Gasteiger partial charge in [0.1, 0.15) is 0 Å². The predicted octanol–water partition coefficient (Wildman–Crippen LogP) is 0.285. The van der Waals surface area contributed by atoms with Crippen LogP contribution in [0.3, 0.4) is 0 Å². The predicted molar refractivity (Wildman–Crippen MR) is 46.5 cm³/mol. The lowest BCUT2D eigenvalue weighted by Gasteiger charge is -2.04. The highest BCUT2D eigenvalue weighted by molar-refractivity contribution is 5.07. The normalized spacial score (nSPS) is 13.2. The lowest BCUT2D eigenvalue weighted by atomic mass is 10.1. The molecule has 0 fully saturated rings. The second-order valence-electron chi connectivity index (χ2n) is 2.72. The average molecular weight is 169 g/mol. The first kappa shape index (κ1) is 9.22. The zero-order chi connectivity index (χ0) is 8.97. The molecule has 0 radical (unpaired) electrons. The van der Waals surface area contributed by atoms with Gasteiger partial charge in [-0.2, -0.15) is 5.10 Å². The van der Waals surface area contributed by atoms with Crippen LogP contribution in [0.2, 0.25) is 0 Å². The van der Waals surface area contributed by atoms with Gasteiger partial charge in [-0.3, -0.25) is 4.68 Å². The number of hydrogen-bond donors (Lipinski definition) is 2. The van der Waals surface area contributed by atoms with E-state index in [2.05, 4.69) is 5.10 Å². The van der Waals surface area contributed by atoms with Gasteiger partial charge in [-0.25, -0.2) is 0 Å². The summed E-state index contributed by atoms with van der Waals surface area (Å²) in [5, 5.41) is 13.5. The van der Waals surface area contributed by atoms with Gasteiger partial charge in [-0.05, 0) is 19.9 Å². The summed E-state index contributed by atoms with van der Waals surface area (Å²) < 4.78 is 1.79. The summed E-state index contributed by atoms with van der Waals surface area (Å²) in [5.74, 6) is 0. The van der Waals surface area contributed by atoms with Crippen LogP contribution in [-0.2, 0) is 6.54 Å². The van der Waals surface area contributed by atoms with E-state index in [0.717, 1.165) is 12.1 Å². The fourth-order valence-corrected chi connectivity index (χ4v) is 1.05. The third-order valence-electron chi connectivity index (χ3n) is 1.80. The van der Waals surface area contributed by atoms with Crippen molar-refractivity contribution < 1.29 is 5.11 Å². The molecular formula is C8H15N3O. The summed E-state index contributed by atoms with van der Waals surface area (Å²) in [4.78, 5) is 0. The molecule has 1 atom stereocenters. The summed E-state index contributed by atoms with van der Waals surface area (Å²) in [7, 11) is 0. The largest absolute Gasteiger partial charge is 0.388 e. The van der Waals surface area contributed by atoms with Crippen LogP contribution in [0.25, 0.3) is 0 Å². The molecule has 0 spiro atoms. The monoisotopic (exact) mass is 169 g/mol. The van der Waals surface area contributed by atoms with Gasteiger partial charge in [0.25, 0.3) is 0 Å². The lowest BCUT2D eigenvalue weighted by Crippen LogP contribution is -2.06. The van der Waals surface area contributed by atoms with E-state index < -0.39 is 6.10 Å². The molecule has 4 nitrogen and oxygen atoms in total. The maximum absolute atomic E-state index is 9.50. The summed E-state index contributed by atoms with van der Waals surface area (Å²) in [6, 6.07) is 0. The second-order valence-corrected chi connectivity index (χ2v) is 2.72. The standard InChI is InChI=1S/C8H15N3O/c1-2-11-6-7(5-10-11)8(12)3-4-9/h5-6,8,12H,2-4,9H2,1H3/t8-/m0/s1. The fraction of sp³-hybridized carbons (Fsp3) is 0.625. The fourth-order valence-electron chi connectivity index (χ4n) is 1.05. The van der Waals surface area contributed by atoms with Crippen molar-refractivity contribution in [3.05, 3.63) is 18.0 Å². The van der Waals surface area contributed by atoms with Gasteiger partial charge < -0.3 is 10.8 Å². The Labute approximate surface area is 72.0 Å². The Morgan fingerprint density at radius 2 is 2.50 bits per heavy atom. The summed E-state index contributed by atoms with van der Waals surface area (Å²) in [6.07, 6.45) is 3.66. The first-order chi connectivity index (χ1) is 5.77. The van der Waals surface area contributed by atoms with Crippen LogP contribution < -0.4 is 5.73 Å². The van der Waals surface area contributed by atoms with E-state index in [0.29, 0.717) is 13.0 Å². The van der Waals surface area contributed by atoms with E-state index in [4.69, 9.17) is 5.73 Å². The van der Waals surface area contributed by atoms with Gasteiger partial charge >= 0.3 is 0 Å². The summed E-state index contributed by atoms with van der Waals surface area (Å²) in [5.41, 5.74) is 6.17. The number of nitrogens with two attached hydrogens (primary N) is 1.